The molecule has 1 atom stereocenters. The molecule has 2 aromatic rings. The Morgan fingerprint density at radius 1 is 1.44 bits per heavy atom. The van der Waals surface area contributed by atoms with E-state index in [0.29, 0.717) is 6.42 Å². The maximum atomic E-state index is 6.17. The smallest absolute Gasteiger partial charge is 0.224 e. The van der Waals surface area contributed by atoms with Gasteiger partial charge in [-0.1, -0.05) is 0 Å². The summed E-state index contributed by atoms with van der Waals surface area (Å²) >= 11 is 0. The third kappa shape index (κ3) is 2.51. The van der Waals surface area contributed by atoms with Gasteiger partial charge in [0.1, 0.15) is 0 Å². The summed E-state index contributed by atoms with van der Waals surface area (Å²) in [5.41, 5.74) is 7.17. The van der Waals surface area contributed by atoms with Crippen molar-refractivity contribution in [3.05, 3.63) is 24.0 Å². The number of nitrogens with zero attached hydrogens (tertiary/aromatic N) is 4. The number of imidazole rings is 1. The predicted molar refractivity (Wildman–Crippen MR) is 69.1 cm³/mol. The van der Waals surface area contributed by atoms with Crippen molar-refractivity contribution in [1.82, 2.24) is 24.7 Å². The van der Waals surface area contributed by atoms with Crippen LogP contribution in [0.4, 0.5) is 5.95 Å². The topological polar surface area (TPSA) is 97.4 Å². The van der Waals surface area contributed by atoms with Crippen LogP contribution in [0.25, 0.3) is 0 Å². The van der Waals surface area contributed by atoms with Crippen molar-refractivity contribution >= 4 is 5.95 Å². The molecule has 2 rings (SSSR count). The van der Waals surface area contributed by atoms with E-state index in [1.807, 2.05) is 11.5 Å². The molecule has 0 fully saturated rings. The van der Waals surface area contributed by atoms with E-state index in [2.05, 4.69) is 32.4 Å². The number of hydrogen-bond acceptors (Lipinski definition) is 5. The number of aromatic amines is 1. The fraction of sp³-hybridized carbons (Fsp3) is 0.545. The molecular formula is C11H19N7. The highest BCUT2D eigenvalue weighted by atomic mass is 15.4. The number of H-pyrrole nitrogens is 1. The first kappa shape index (κ1) is 12.6. The molecule has 0 aliphatic rings. The van der Waals surface area contributed by atoms with Crippen LogP contribution >= 0.6 is 0 Å². The second kappa shape index (κ2) is 5.63. The largest absolute Gasteiger partial charge is 0.355 e. The predicted octanol–water partition coefficient (Wildman–Crippen LogP) is 0.695. The van der Waals surface area contributed by atoms with Crippen molar-refractivity contribution in [3.8, 4) is 0 Å². The van der Waals surface area contributed by atoms with Crippen LogP contribution in [0.2, 0.25) is 0 Å². The van der Waals surface area contributed by atoms with E-state index < -0.39 is 0 Å². The van der Waals surface area contributed by atoms with E-state index in [1.165, 1.54) is 0 Å². The lowest BCUT2D eigenvalue weighted by atomic mass is 10.1. The summed E-state index contributed by atoms with van der Waals surface area (Å²) in [5.74, 6) is 1.57. The van der Waals surface area contributed by atoms with Crippen molar-refractivity contribution in [3.63, 3.8) is 0 Å². The van der Waals surface area contributed by atoms with E-state index in [0.717, 1.165) is 30.6 Å². The van der Waals surface area contributed by atoms with Crippen molar-refractivity contribution in [1.29, 1.82) is 0 Å². The second-order valence-corrected chi connectivity index (χ2v) is 4.04. The Kier molecular flexibility index (Phi) is 3.93. The van der Waals surface area contributed by atoms with Crippen LogP contribution in [0, 0.1) is 0 Å². The minimum atomic E-state index is -0.190. The molecule has 0 aromatic carbocycles. The maximum absolute atomic E-state index is 6.17. The Morgan fingerprint density at radius 2 is 2.28 bits per heavy atom. The highest BCUT2D eigenvalue weighted by Gasteiger charge is 2.17. The van der Waals surface area contributed by atoms with Gasteiger partial charge in [-0.05, 0) is 13.8 Å². The van der Waals surface area contributed by atoms with Crippen LogP contribution in [0.3, 0.4) is 0 Å². The lowest BCUT2D eigenvalue weighted by Gasteiger charge is -2.12. The Bertz CT molecular complexity index is 474. The molecule has 0 saturated carbocycles. The number of anilines is 1. The summed E-state index contributed by atoms with van der Waals surface area (Å²) in [5, 5.41) is 11.5. The monoisotopic (exact) mass is 249 g/mol. The molecule has 7 heteroatoms. The molecular weight excluding hydrogens is 230 g/mol. The van der Waals surface area contributed by atoms with Gasteiger partial charge in [-0.15, -0.1) is 10.2 Å². The summed E-state index contributed by atoms with van der Waals surface area (Å²) < 4.78 is 2.00. The standard InChI is InChI=1S/C11H19N7/c1-3-14-11-17-16-10(18(11)4-2)9(12)5-8-6-13-7-15-8/h6-7,9H,3-5,12H2,1-2H3,(H,13,15)(H,14,17)/t9-/m0/s1. The Labute approximate surface area is 106 Å². The zero-order chi connectivity index (χ0) is 13.0. The fourth-order valence-electron chi connectivity index (χ4n) is 1.91. The molecule has 0 amide bonds. The molecule has 0 unspecified atom stereocenters. The molecule has 7 nitrogen and oxygen atoms in total. The average Bonchev–Trinajstić information content (AvgIpc) is 2.98. The van der Waals surface area contributed by atoms with Crippen molar-refractivity contribution in [2.24, 2.45) is 5.73 Å². The van der Waals surface area contributed by atoms with E-state index in [4.69, 9.17) is 5.73 Å². The number of rotatable bonds is 6. The van der Waals surface area contributed by atoms with Gasteiger partial charge in [-0.2, -0.15) is 0 Å². The normalized spacial score (nSPS) is 12.6. The Hall–Kier alpha value is -1.89. The van der Waals surface area contributed by atoms with Gasteiger partial charge in [0, 0.05) is 31.4 Å². The van der Waals surface area contributed by atoms with Crippen LogP contribution in [-0.2, 0) is 13.0 Å². The van der Waals surface area contributed by atoms with Gasteiger partial charge in [-0.25, -0.2) is 4.98 Å². The Balaban J connectivity index is 2.16. The summed E-state index contributed by atoms with van der Waals surface area (Å²) in [7, 11) is 0. The Morgan fingerprint density at radius 3 is 2.89 bits per heavy atom. The second-order valence-electron chi connectivity index (χ2n) is 4.04. The zero-order valence-electron chi connectivity index (χ0n) is 10.7. The summed E-state index contributed by atoms with van der Waals surface area (Å²) in [6.07, 6.45) is 4.10. The minimum Gasteiger partial charge on any atom is -0.355 e. The third-order valence-corrected chi connectivity index (χ3v) is 2.76. The quantitative estimate of drug-likeness (QED) is 0.700. The van der Waals surface area contributed by atoms with Gasteiger partial charge in [0.25, 0.3) is 0 Å². The molecule has 0 spiro atoms. The van der Waals surface area contributed by atoms with Gasteiger partial charge in [0.15, 0.2) is 5.82 Å². The maximum Gasteiger partial charge on any atom is 0.224 e. The summed E-state index contributed by atoms with van der Waals surface area (Å²) in [4.78, 5) is 7.02. The fourth-order valence-corrected chi connectivity index (χ4v) is 1.91. The summed E-state index contributed by atoms with van der Waals surface area (Å²) in [6.45, 7) is 5.69. The highest BCUT2D eigenvalue weighted by Crippen LogP contribution is 2.16. The van der Waals surface area contributed by atoms with Crippen LogP contribution < -0.4 is 11.1 Å². The molecule has 0 radical (unpaired) electrons. The molecule has 0 aliphatic heterocycles. The van der Waals surface area contributed by atoms with Gasteiger partial charge < -0.3 is 16.0 Å². The molecule has 0 bridgehead atoms. The van der Waals surface area contributed by atoms with E-state index in [9.17, 15) is 0 Å². The van der Waals surface area contributed by atoms with Gasteiger partial charge in [-0.3, -0.25) is 4.57 Å². The van der Waals surface area contributed by atoms with E-state index in [1.54, 1.807) is 12.5 Å². The van der Waals surface area contributed by atoms with Gasteiger partial charge in [0.2, 0.25) is 5.95 Å². The number of aromatic nitrogens is 5. The lowest BCUT2D eigenvalue weighted by molar-refractivity contribution is 0.596. The van der Waals surface area contributed by atoms with Crippen LogP contribution in [0.5, 0.6) is 0 Å². The molecule has 0 aliphatic carbocycles. The minimum absolute atomic E-state index is 0.190. The molecule has 98 valence electrons. The van der Waals surface area contributed by atoms with Crippen LogP contribution in [0.15, 0.2) is 12.5 Å². The van der Waals surface area contributed by atoms with Gasteiger partial charge >= 0.3 is 0 Å². The first-order valence-corrected chi connectivity index (χ1v) is 6.16. The molecule has 2 aromatic heterocycles. The lowest BCUT2D eigenvalue weighted by Crippen LogP contribution is -2.20. The average molecular weight is 249 g/mol. The van der Waals surface area contributed by atoms with Crippen LogP contribution in [0.1, 0.15) is 31.4 Å². The molecule has 4 N–H and O–H groups in total. The van der Waals surface area contributed by atoms with Crippen molar-refractivity contribution in [2.75, 3.05) is 11.9 Å². The van der Waals surface area contributed by atoms with Crippen molar-refractivity contribution < 1.29 is 0 Å². The molecule has 18 heavy (non-hydrogen) atoms. The first-order valence-electron chi connectivity index (χ1n) is 6.16. The zero-order valence-corrected chi connectivity index (χ0v) is 10.7. The van der Waals surface area contributed by atoms with Crippen LogP contribution in [-0.4, -0.2) is 31.3 Å². The van der Waals surface area contributed by atoms with Gasteiger partial charge in [0.05, 0.1) is 12.4 Å². The first-order chi connectivity index (χ1) is 8.76. The number of nitrogens with two attached hydrogens (primary N) is 1. The summed E-state index contributed by atoms with van der Waals surface area (Å²) in [6, 6.07) is -0.190. The molecule has 0 saturated heterocycles. The number of nitrogens with one attached hydrogen (secondary N) is 2. The number of hydrogen-bond donors (Lipinski definition) is 3. The SMILES string of the molecule is CCNc1nnc([C@@H](N)Cc2cnc[nH]2)n1CC. The van der Waals surface area contributed by atoms with E-state index >= 15 is 0 Å². The van der Waals surface area contributed by atoms with Crippen molar-refractivity contribution in [2.45, 2.75) is 32.9 Å². The van der Waals surface area contributed by atoms with E-state index in [-0.39, 0.29) is 6.04 Å². The molecule has 2 heterocycles. The highest BCUT2D eigenvalue weighted by molar-refractivity contribution is 5.26. The third-order valence-electron chi connectivity index (χ3n) is 2.76.